The molecule has 3 N–H and O–H groups in total. The molecule has 0 atom stereocenters. The zero-order chi connectivity index (χ0) is 14.7. The van der Waals surface area contributed by atoms with E-state index in [1.54, 1.807) is 12.1 Å². The van der Waals surface area contributed by atoms with E-state index in [4.69, 9.17) is 10.5 Å². The fraction of sp³-hybridized carbons (Fsp3) is 0.286. The number of ether oxygens (including phenoxy) is 1. The molecule has 0 fully saturated rings. The fourth-order valence-corrected chi connectivity index (χ4v) is 1.65. The summed E-state index contributed by atoms with van der Waals surface area (Å²) >= 11 is 0. The number of halogens is 1. The first-order valence-electron chi connectivity index (χ1n) is 6.27. The van der Waals surface area contributed by atoms with Crippen LogP contribution in [0.4, 0.5) is 21.6 Å². The van der Waals surface area contributed by atoms with Crippen LogP contribution in [0.5, 0.6) is 5.88 Å². The van der Waals surface area contributed by atoms with Crippen LogP contribution < -0.4 is 15.8 Å². The first-order chi connectivity index (χ1) is 9.47. The summed E-state index contributed by atoms with van der Waals surface area (Å²) in [6.07, 6.45) is 1.26. The average Bonchev–Trinajstić information content (AvgIpc) is 2.36. The van der Waals surface area contributed by atoms with E-state index >= 15 is 0 Å². The van der Waals surface area contributed by atoms with E-state index in [9.17, 15) is 4.39 Å². The number of aromatic nitrogens is 2. The molecule has 0 aliphatic carbocycles. The van der Waals surface area contributed by atoms with Crippen LogP contribution in [0.25, 0.3) is 0 Å². The van der Waals surface area contributed by atoms with E-state index in [0.29, 0.717) is 11.5 Å². The lowest BCUT2D eigenvalue weighted by molar-refractivity contribution is 0.234. The second kappa shape index (κ2) is 5.73. The van der Waals surface area contributed by atoms with Gasteiger partial charge in [-0.2, -0.15) is 4.98 Å². The molecular formula is C14H17FN4O. The van der Waals surface area contributed by atoms with Crippen molar-refractivity contribution >= 4 is 17.2 Å². The van der Waals surface area contributed by atoms with E-state index < -0.39 is 0 Å². The summed E-state index contributed by atoms with van der Waals surface area (Å²) < 4.78 is 19.3. The number of rotatable bonds is 4. The molecule has 0 saturated heterocycles. The topological polar surface area (TPSA) is 73.1 Å². The van der Waals surface area contributed by atoms with E-state index in [1.807, 2.05) is 20.8 Å². The highest BCUT2D eigenvalue weighted by Crippen LogP contribution is 2.29. The maximum atomic E-state index is 13.8. The summed E-state index contributed by atoms with van der Waals surface area (Å²) in [4.78, 5) is 7.98. The summed E-state index contributed by atoms with van der Waals surface area (Å²) in [5.74, 6) is 0.234. The van der Waals surface area contributed by atoms with Gasteiger partial charge in [-0.3, -0.25) is 0 Å². The third-order valence-corrected chi connectivity index (χ3v) is 2.57. The first kappa shape index (κ1) is 14.0. The van der Waals surface area contributed by atoms with Crippen LogP contribution in [0.2, 0.25) is 0 Å². The summed E-state index contributed by atoms with van der Waals surface area (Å²) in [7, 11) is 0. The monoisotopic (exact) mass is 276 g/mol. The predicted molar refractivity (Wildman–Crippen MR) is 76.6 cm³/mol. The van der Waals surface area contributed by atoms with Gasteiger partial charge in [-0.1, -0.05) is 6.07 Å². The zero-order valence-electron chi connectivity index (χ0n) is 11.6. The van der Waals surface area contributed by atoms with E-state index in [1.165, 1.54) is 12.4 Å². The summed E-state index contributed by atoms with van der Waals surface area (Å²) in [6.45, 7) is 5.56. The highest BCUT2D eigenvalue weighted by Gasteiger charge is 2.12. The number of nitrogens with two attached hydrogens (primary N) is 1. The Bertz CT molecular complexity index is 616. The molecule has 0 aliphatic rings. The molecule has 20 heavy (non-hydrogen) atoms. The summed E-state index contributed by atoms with van der Waals surface area (Å²) in [6, 6.07) is 4.87. The Hall–Kier alpha value is -2.37. The van der Waals surface area contributed by atoms with Gasteiger partial charge in [0.15, 0.2) is 5.82 Å². The largest absolute Gasteiger partial charge is 0.473 e. The van der Waals surface area contributed by atoms with Gasteiger partial charge in [-0.05, 0) is 38.5 Å². The van der Waals surface area contributed by atoms with Crippen LogP contribution in [-0.2, 0) is 0 Å². The molecule has 0 saturated carbocycles. The van der Waals surface area contributed by atoms with Gasteiger partial charge < -0.3 is 15.8 Å². The average molecular weight is 276 g/mol. The van der Waals surface area contributed by atoms with Crippen molar-refractivity contribution in [2.45, 2.75) is 26.9 Å². The van der Waals surface area contributed by atoms with Crippen molar-refractivity contribution in [3.8, 4) is 5.88 Å². The molecule has 0 aliphatic heterocycles. The molecule has 2 rings (SSSR count). The molecule has 6 heteroatoms. The number of hydrogen-bond donors (Lipinski definition) is 2. The van der Waals surface area contributed by atoms with Crippen molar-refractivity contribution in [1.29, 1.82) is 0 Å². The number of nitrogens with one attached hydrogen (secondary N) is 1. The molecule has 0 amide bonds. The van der Waals surface area contributed by atoms with Crippen LogP contribution in [0.3, 0.4) is 0 Å². The standard InChI is InChI=1S/C14H17FN4O/c1-8(2)20-14-12(16)13(17-7-18-14)19-11-5-4-9(3)6-10(11)15/h4-8H,16H2,1-3H3,(H,17,18,19). The van der Waals surface area contributed by atoms with E-state index in [2.05, 4.69) is 15.3 Å². The Balaban J connectivity index is 2.29. The highest BCUT2D eigenvalue weighted by molar-refractivity contribution is 5.72. The number of hydrogen-bond acceptors (Lipinski definition) is 5. The number of nitrogen functional groups attached to an aromatic ring is 1. The second-order valence-corrected chi connectivity index (χ2v) is 4.72. The van der Waals surface area contributed by atoms with Gasteiger partial charge in [0.1, 0.15) is 17.8 Å². The quantitative estimate of drug-likeness (QED) is 0.898. The van der Waals surface area contributed by atoms with Gasteiger partial charge in [0.05, 0.1) is 11.8 Å². The van der Waals surface area contributed by atoms with Crippen molar-refractivity contribution < 1.29 is 9.13 Å². The Kier molecular flexibility index (Phi) is 4.02. The highest BCUT2D eigenvalue weighted by atomic mass is 19.1. The number of aryl methyl sites for hydroxylation is 1. The van der Waals surface area contributed by atoms with Crippen molar-refractivity contribution in [3.05, 3.63) is 35.9 Å². The Morgan fingerprint density at radius 1 is 1.30 bits per heavy atom. The molecule has 1 heterocycles. The van der Waals surface area contributed by atoms with Crippen LogP contribution in [0, 0.1) is 12.7 Å². The lowest BCUT2D eigenvalue weighted by Crippen LogP contribution is -2.11. The molecule has 1 aromatic heterocycles. The lowest BCUT2D eigenvalue weighted by atomic mass is 10.2. The molecule has 0 bridgehead atoms. The van der Waals surface area contributed by atoms with Gasteiger partial charge >= 0.3 is 0 Å². The van der Waals surface area contributed by atoms with Crippen LogP contribution >= 0.6 is 0 Å². The number of nitrogens with zero attached hydrogens (tertiary/aromatic N) is 2. The minimum absolute atomic E-state index is 0.0591. The van der Waals surface area contributed by atoms with Gasteiger partial charge in [0.2, 0.25) is 5.88 Å². The van der Waals surface area contributed by atoms with Crippen LogP contribution in [-0.4, -0.2) is 16.1 Å². The normalized spacial score (nSPS) is 10.7. The van der Waals surface area contributed by atoms with Crippen molar-refractivity contribution in [3.63, 3.8) is 0 Å². The minimum Gasteiger partial charge on any atom is -0.473 e. The molecule has 0 unspecified atom stereocenters. The third kappa shape index (κ3) is 3.14. The predicted octanol–water partition coefficient (Wildman–Crippen LogP) is 3.04. The second-order valence-electron chi connectivity index (χ2n) is 4.72. The summed E-state index contributed by atoms with van der Waals surface area (Å²) in [5, 5.41) is 2.85. The van der Waals surface area contributed by atoms with Gasteiger partial charge in [0, 0.05) is 0 Å². The van der Waals surface area contributed by atoms with Crippen molar-refractivity contribution in [2.24, 2.45) is 0 Å². The maximum Gasteiger partial charge on any atom is 0.242 e. The minimum atomic E-state index is -0.366. The Labute approximate surface area is 117 Å². The number of anilines is 3. The molecular weight excluding hydrogens is 259 g/mol. The molecule has 106 valence electrons. The van der Waals surface area contributed by atoms with Crippen molar-refractivity contribution in [1.82, 2.24) is 9.97 Å². The van der Waals surface area contributed by atoms with E-state index in [0.717, 1.165) is 5.56 Å². The van der Waals surface area contributed by atoms with Crippen LogP contribution in [0.1, 0.15) is 19.4 Å². The molecule has 5 nitrogen and oxygen atoms in total. The van der Waals surface area contributed by atoms with Crippen LogP contribution in [0.15, 0.2) is 24.5 Å². The Morgan fingerprint density at radius 2 is 2.05 bits per heavy atom. The SMILES string of the molecule is Cc1ccc(Nc2ncnc(OC(C)C)c2N)c(F)c1. The molecule has 0 radical (unpaired) electrons. The van der Waals surface area contributed by atoms with Gasteiger partial charge in [0.25, 0.3) is 0 Å². The van der Waals surface area contributed by atoms with E-state index in [-0.39, 0.29) is 23.5 Å². The number of benzene rings is 1. The smallest absolute Gasteiger partial charge is 0.242 e. The third-order valence-electron chi connectivity index (χ3n) is 2.57. The first-order valence-corrected chi connectivity index (χ1v) is 6.27. The zero-order valence-corrected chi connectivity index (χ0v) is 11.6. The maximum absolute atomic E-state index is 13.8. The molecule has 0 spiro atoms. The molecule has 1 aromatic carbocycles. The fourth-order valence-electron chi connectivity index (χ4n) is 1.65. The molecule has 2 aromatic rings. The Morgan fingerprint density at radius 3 is 2.70 bits per heavy atom. The lowest BCUT2D eigenvalue weighted by Gasteiger charge is -2.14. The van der Waals surface area contributed by atoms with Gasteiger partial charge in [-0.25, -0.2) is 9.37 Å². The summed E-state index contributed by atoms with van der Waals surface area (Å²) in [5.41, 5.74) is 7.32. The van der Waals surface area contributed by atoms with Crippen molar-refractivity contribution in [2.75, 3.05) is 11.1 Å². The van der Waals surface area contributed by atoms with Gasteiger partial charge in [-0.15, -0.1) is 0 Å².